The molecule has 1 aromatic rings. The minimum atomic E-state index is -4.27. The second-order valence-electron chi connectivity index (χ2n) is 3.55. The van der Waals surface area contributed by atoms with E-state index in [1.165, 1.54) is 6.07 Å². The molecule has 78 valence electrons. The zero-order valence-corrected chi connectivity index (χ0v) is 9.41. The van der Waals surface area contributed by atoms with E-state index in [0.717, 1.165) is 12.1 Å². The van der Waals surface area contributed by atoms with Crippen LogP contribution in [0.25, 0.3) is 0 Å². The zero-order chi connectivity index (χ0) is 11.0. The number of hydrogen-bond acceptors (Lipinski definition) is 0. The van der Waals surface area contributed by atoms with E-state index < -0.39 is 16.1 Å². The Morgan fingerprint density at radius 3 is 2.00 bits per heavy atom. The highest BCUT2D eigenvalue weighted by molar-refractivity contribution is 9.09. The Bertz CT molecular complexity index is 294. The maximum absolute atomic E-state index is 12.3. The lowest BCUT2D eigenvalue weighted by Crippen LogP contribution is -2.10. The molecule has 4 heteroatoms. The van der Waals surface area contributed by atoms with Gasteiger partial charge < -0.3 is 0 Å². The third kappa shape index (κ3) is 2.74. The van der Waals surface area contributed by atoms with Crippen molar-refractivity contribution < 1.29 is 13.2 Å². The van der Waals surface area contributed by atoms with Gasteiger partial charge in [0.1, 0.15) is 0 Å². The molecule has 0 N–H and O–H groups in total. The fourth-order valence-corrected chi connectivity index (χ4v) is 1.31. The van der Waals surface area contributed by atoms with E-state index >= 15 is 0 Å². The molecule has 0 atom stereocenters. The number of hydrogen-bond donors (Lipinski definition) is 0. The quantitative estimate of drug-likeness (QED) is 0.664. The minimum Gasteiger partial charge on any atom is -0.166 e. The molecule has 0 saturated carbocycles. The maximum Gasteiger partial charge on any atom is 0.416 e. The van der Waals surface area contributed by atoms with Crippen molar-refractivity contribution in [3.8, 4) is 0 Å². The summed E-state index contributed by atoms with van der Waals surface area (Å²) in [6.45, 7) is 3.62. The van der Waals surface area contributed by atoms with E-state index in [1.54, 1.807) is 6.07 Å². The first-order chi connectivity index (χ1) is 6.21. The van der Waals surface area contributed by atoms with E-state index in [1.807, 2.05) is 13.8 Å². The lowest BCUT2D eigenvalue weighted by atomic mass is 10.0. The first-order valence-electron chi connectivity index (χ1n) is 4.08. The number of rotatable bonds is 1. The molecule has 1 rings (SSSR count). The van der Waals surface area contributed by atoms with Gasteiger partial charge in [-0.05, 0) is 25.5 Å². The van der Waals surface area contributed by atoms with Crippen LogP contribution in [0.15, 0.2) is 24.3 Å². The second-order valence-corrected chi connectivity index (χ2v) is 5.53. The molecule has 0 aliphatic rings. The third-order valence-corrected chi connectivity index (χ3v) is 2.33. The zero-order valence-electron chi connectivity index (χ0n) is 7.82. The Labute approximate surface area is 89.3 Å². The van der Waals surface area contributed by atoms with E-state index in [-0.39, 0.29) is 0 Å². The maximum atomic E-state index is 12.3. The van der Waals surface area contributed by atoms with Gasteiger partial charge in [-0.3, -0.25) is 0 Å². The van der Waals surface area contributed by atoms with Crippen molar-refractivity contribution in [2.45, 2.75) is 24.3 Å². The standard InChI is InChI=1S/C10H10BrF3/c1-9(2,11)7-4-3-5-8(6-7)10(12,13)14/h3-6H,1-2H3. The SMILES string of the molecule is CC(C)(Br)c1cccc(C(F)(F)F)c1. The fraction of sp³-hybridized carbons (Fsp3) is 0.400. The Balaban J connectivity index is 3.15. The first-order valence-corrected chi connectivity index (χ1v) is 4.87. The highest BCUT2D eigenvalue weighted by Crippen LogP contribution is 2.35. The van der Waals surface area contributed by atoms with E-state index in [0.29, 0.717) is 5.56 Å². The summed E-state index contributed by atoms with van der Waals surface area (Å²) >= 11 is 3.32. The van der Waals surface area contributed by atoms with Crippen molar-refractivity contribution in [3.05, 3.63) is 35.4 Å². The third-order valence-electron chi connectivity index (χ3n) is 1.88. The van der Waals surface area contributed by atoms with Crippen LogP contribution in [-0.4, -0.2) is 0 Å². The lowest BCUT2D eigenvalue weighted by molar-refractivity contribution is -0.137. The van der Waals surface area contributed by atoms with Crippen molar-refractivity contribution in [1.29, 1.82) is 0 Å². The Kier molecular flexibility index (Phi) is 2.95. The monoisotopic (exact) mass is 266 g/mol. The molecule has 0 spiro atoms. The summed E-state index contributed by atoms with van der Waals surface area (Å²) in [6, 6.07) is 5.32. The average Bonchev–Trinajstić information content (AvgIpc) is 2.01. The summed E-state index contributed by atoms with van der Waals surface area (Å²) in [4.78, 5) is 0. The Hall–Kier alpha value is -0.510. The second kappa shape index (κ2) is 3.57. The fourth-order valence-electron chi connectivity index (χ4n) is 1.07. The van der Waals surface area contributed by atoms with Crippen LogP contribution in [0.1, 0.15) is 25.0 Å². The average molecular weight is 267 g/mol. The highest BCUT2D eigenvalue weighted by atomic mass is 79.9. The molecule has 1 aromatic carbocycles. The van der Waals surface area contributed by atoms with Gasteiger partial charge in [0.05, 0.1) is 5.56 Å². The van der Waals surface area contributed by atoms with Gasteiger partial charge in [0, 0.05) is 4.32 Å². The molecular formula is C10H10BrF3. The van der Waals surface area contributed by atoms with Gasteiger partial charge >= 0.3 is 6.18 Å². The van der Waals surface area contributed by atoms with Crippen molar-refractivity contribution in [1.82, 2.24) is 0 Å². The van der Waals surface area contributed by atoms with Gasteiger partial charge in [-0.2, -0.15) is 13.2 Å². The summed E-state index contributed by atoms with van der Waals surface area (Å²) in [5, 5.41) is 0. The molecule has 0 saturated heterocycles. The Morgan fingerprint density at radius 2 is 1.57 bits per heavy atom. The predicted octanol–water partition coefficient (Wildman–Crippen LogP) is 4.34. The number of halogens is 4. The van der Waals surface area contributed by atoms with E-state index in [4.69, 9.17) is 0 Å². The first kappa shape index (κ1) is 11.6. The van der Waals surface area contributed by atoms with Crippen molar-refractivity contribution in [2.75, 3.05) is 0 Å². The van der Waals surface area contributed by atoms with Crippen LogP contribution in [0, 0.1) is 0 Å². The molecule has 0 bridgehead atoms. The van der Waals surface area contributed by atoms with Crippen LogP contribution in [0.3, 0.4) is 0 Å². The number of alkyl halides is 4. The largest absolute Gasteiger partial charge is 0.416 e. The van der Waals surface area contributed by atoms with Gasteiger partial charge in [0.15, 0.2) is 0 Å². The normalized spacial score (nSPS) is 13.0. The molecule has 0 aliphatic heterocycles. The number of benzene rings is 1. The lowest BCUT2D eigenvalue weighted by Gasteiger charge is -2.18. The summed E-state index contributed by atoms with van der Waals surface area (Å²) in [5.74, 6) is 0. The van der Waals surface area contributed by atoms with Gasteiger partial charge in [-0.25, -0.2) is 0 Å². The van der Waals surface area contributed by atoms with E-state index in [9.17, 15) is 13.2 Å². The Morgan fingerprint density at radius 1 is 1.07 bits per heavy atom. The predicted molar refractivity (Wildman–Crippen MR) is 53.4 cm³/mol. The topological polar surface area (TPSA) is 0 Å². The highest BCUT2D eigenvalue weighted by Gasteiger charge is 2.31. The van der Waals surface area contributed by atoms with Gasteiger partial charge in [-0.15, -0.1) is 0 Å². The molecule has 0 aromatic heterocycles. The van der Waals surface area contributed by atoms with Crippen molar-refractivity contribution >= 4 is 15.9 Å². The molecule has 0 aliphatic carbocycles. The van der Waals surface area contributed by atoms with Gasteiger partial charge in [0.25, 0.3) is 0 Å². The molecule has 0 radical (unpaired) electrons. The van der Waals surface area contributed by atoms with Gasteiger partial charge in [0.2, 0.25) is 0 Å². The smallest absolute Gasteiger partial charge is 0.166 e. The molecule has 0 nitrogen and oxygen atoms in total. The van der Waals surface area contributed by atoms with Crippen LogP contribution in [0.4, 0.5) is 13.2 Å². The summed E-state index contributed by atoms with van der Waals surface area (Å²) in [5.41, 5.74) is 0.00912. The molecule has 0 amide bonds. The van der Waals surface area contributed by atoms with E-state index in [2.05, 4.69) is 15.9 Å². The van der Waals surface area contributed by atoms with Crippen LogP contribution < -0.4 is 0 Å². The molecule has 0 fully saturated rings. The van der Waals surface area contributed by atoms with Gasteiger partial charge in [-0.1, -0.05) is 34.1 Å². The minimum absolute atomic E-state index is 0.436. The summed E-state index contributed by atoms with van der Waals surface area (Å²) in [7, 11) is 0. The molecular weight excluding hydrogens is 257 g/mol. The summed E-state index contributed by atoms with van der Waals surface area (Å²) in [6.07, 6.45) is -4.27. The molecule has 0 heterocycles. The summed E-state index contributed by atoms with van der Waals surface area (Å²) < 4.78 is 36.6. The molecule has 14 heavy (non-hydrogen) atoms. The molecule has 0 unspecified atom stereocenters. The van der Waals surface area contributed by atoms with Crippen LogP contribution in [0.5, 0.6) is 0 Å². The van der Waals surface area contributed by atoms with Crippen LogP contribution in [0.2, 0.25) is 0 Å². The van der Waals surface area contributed by atoms with Crippen molar-refractivity contribution in [2.24, 2.45) is 0 Å². The van der Waals surface area contributed by atoms with Crippen LogP contribution in [-0.2, 0) is 10.5 Å². The van der Waals surface area contributed by atoms with Crippen LogP contribution >= 0.6 is 15.9 Å². The van der Waals surface area contributed by atoms with Crippen molar-refractivity contribution in [3.63, 3.8) is 0 Å².